The fourth-order valence-electron chi connectivity index (χ4n) is 11.1. The zero-order valence-corrected chi connectivity index (χ0v) is 38.2. The normalized spacial score (nSPS) is 13.4. The third-order valence-corrected chi connectivity index (χ3v) is 14.4. The number of hydrogen-bond acceptors (Lipinski definition) is 2. The molecule has 1 spiro atoms. The second kappa shape index (κ2) is 17.9. The Labute approximate surface area is 401 Å². The highest BCUT2D eigenvalue weighted by Gasteiger charge is 2.43. The summed E-state index contributed by atoms with van der Waals surface area (Å²) in [4.78, 5) is 4.83. The van der Waals surface area contributed by atoms with Gasteiger partial charge in [0.05, 0.1) is 0 Å². The van der Waals surface area contributed by atoms with Crippen LogP contribution in [0, 0.1) is 0 Å². The lowest BCUT2D eigenvalue weighted by Crippen LogP contribution is -2.28. The van der Waals surface area contributed by atoms with Gasteiger partial charge in [-0.2, -0.15) is 0 Å². The van der Waals surface area contributed by atoms with E-state index in [0.717, 1.165) is 28.4 Å². The number of para-hydroxylation sites is 1. The third-order valence-electron chi connectivity index (χ3n) is 14.4. The summed E-state index contributed by atoms with van der Waals surface area (Å²) >= 11 is 0. The highest BCUT2D eigenvalue weighted by atomic mass is 15.1. The van der Waals surface area contributed by atoms with Crippen LogP contribution in [0.25, 0.3) is 55.6 Å². The molecule has 2 heteroatoms. The molecule has 68 heavy (non-hydrogen) atoms. The number of hydrogen-bond donors (Lipinski definition) is 0. The molecule has 0 heterocycles. The number of benzene rings is 10. The fourth-order valence-corrected chi connectivity index (χ4v) is 11.1. The Morgan fingerprint density at radius 1 is 0.235 bits per heavy atom. The molecule has 0 bridgehead atoms. The van der Waals surface area contributed by atoms with Crippen LogP contribution in [0.5, 0.6) is 0 Å². The molecule has 10 aromatic carbocycles. The van der Waals surface area contributed by atoms with Crippen molar-refractivity contribution in [2.45, 2.75) is 37.5 Å². The maximum Gasteiger partial charge on any atom is 0.0473 e. The van der Waals surface area contributed by atoms with E-state index in [0.29, 0.717) is 0 Å². The lowest BCUT2D eigenvalue weighted by molar-refractivity contribution is 0.353. The van der Waals surface area contributed by atoms with E-state index in [4.69, 9.17) is 0 Å². The maximum absolute atomic E-state index is 2.52. The largest absolute Gasteiger partial charge is 0.310 e. The Hall–Kier alpha value is -8.20. The molecule has 326 valence electrons. The minimum Gasteiger partial charge on any atom is -0.310 e. The minimum atomic E-state index is 0.0734. The Kier molecular flexibility index (Phi) is 10.8. The van der Waals surface area contributed by atoms with Crippen LogP contribution in [0.15, 0.2) is 255 Å². The molecule has 1 saturated carbocycles. The van der Waals surface area contributed by atoms with Crippen LogP contribution in [0.4, 0.5) is 34.1 Å². The summed E-state index contributed by atoms with van der Waals surface area (Å²) in [6.07, 6.45) is 6.27. The van der Waals surface area contributed by atoms with Crippen molar-refractivity contribution in [1.29, 1.82) is 0 Å². The van der Waals surface area contributed by atoms with E-state index in [1.165, 1.54) is 105 Å². The van der Waals surface area contributed by atoms with Gasteiger partial charge >= 0.3 is 0 Å². The smallest absolute Gasteiger partial charge is 0.0473 e. The summed E-state index contributed by atoms with van der Waals surface area (Å²) in [6.45, 7) is 0. The molecule has 2 aliphatic carbocycles. The molecule has 0 aromatic heterocycles. The molecule has 0 N–H and O–H groups in total. The summed E-state index contributed by atoms with van der Waals surface area (Å²) in [5.74, 6) is 0. The molecule has 1 fully saturated rings. The molecule has 12 rings (SSSR count). The van der Waals surface area contributed by atoms with Gasteiger partial charge in [-0.05, 0) is 158 Å². The van der Waals surface area contributed by atoms with Crippen LogP contribution in [0.1, 0.15) is 43.2 Å². The second-order valence-corrected chi connectivity index (χ2v) is 18.4. The van der Waals surface area contributed by atoms with Gasteiger partial charge in [0.25, 0.3) is 0 Å². The average molecular weight is 873 g/mol. The molecule has 0 amide bonds. The van der Waals surface area contributed by atoms with E-state index in [-0.39, 0.29) is 5.41 Å². The van der Waals surface area contributed by atoms with Crippen molar-refractivity contribution in [2.24, 2.45) is 0 Å². The highest BCUT2D eigenvalue weighted by molar-refractivity contribution is 5.88. The van der Waals surface area contributed by atoms with Gasteiger partial charge in [0, 0.05) is 39.5 Å². The van der Waals surface area contributed by atoms with Crippen molar-refractivity contribution in [3.63, 3.8) is 0 Å². The highest BCUT2D eigenvalue weighted by Crippen LogP contribution is 2.57. The lowest BCUT2D eigenvalue weighted by Gasteiger charge is -2.36. The van der Waals surface area contributed by atoms with Crippen molar-refractivity contribution in [2.75, 3.05) is 9.80 Å². The predicted molar refractivity (Wildman–Crippen MR) is 287 cm³/mol. The van der Waals surface area contributed by atoms with E-state index < -0.39 is 0 Å². The van der Waals surface area contributed by atoms with Gasteiger partial charge in [-0.3, -0.25) is 0 Å². The summed E-state index contributed by atoms with van der Waals surface area (Å²) in [5.41, 5.74) is 22.2. The number of anilines is 6. The van der Waals surface area contributed by atoms with Crippen molar-refractivity contribution < 1.29 is 0 Å². The van der Waals surface area contributed by atoms with Crippen LogP contribution >= 0.6 is 0 Å². The zero-order valence-electron chi connectivity index (χ0n) is 38.2. The summed E-state index contributed by atoms with van der Waals surface area (Å²) in [7, 11) is 0. The minimum absolute atomic E-state index is 0.0734. The molecule has 0 unspecified atom stereocenters. The van der Waals surface area contributed by atoms with Crippen LogP contribution < -0.4 is 9.80 Å². The molecule has 0 aliphatic heterocycles. The van der Waals surface area contributed by atoms with E-state index >= 15 is 0 Å². The first-order valence-corrected chi connectivity index (χ1v) is 24.2. The molecule has 0 radical (unpaired) electrons. The van der Waals surface area contributed by atoms with Crippen molar-refractivity contribution in [3.8, 4) is 55.6 Å². The van der Waals surface area contributed by atoms with Crippen molar-refractivity contribution in [3.05, 3.63) is 266 Å². The summed E-state index contributed by atoms with van der Waals surface area (Å²) < 4.78 is 0. The Morgan fingerprint density at radius 3 is 1.10 bits per heavy atom. The standard InChI is InChI=1S/C66H52N2/c1-6-18-48(19-7-1)51-28-34-57(35-29-51)67(60-40-41-63-62-26-14-15-27-64(62)66(65(63)47-60)42-16-5-17-43-66)58-36-30-52(31-37-58)53-32-38-59(39-33-53)68(56-24-12-4-13-25-56)61-45-54(49-20-8-2-9-21-49)44-55(46-61)50-22-10-3-11-23-50/h1-4,6-15,18-41,44-47H,5,16-17,42-43H2. The Balaban J connectivity index is 0.911. The molecular weight excluding hydrogens is 821 g/mol. The van der Waals surface area contributed by atoms with Gasteiger partial charge < -0.3 is 9.80 Å². The fraction of sp³-hybridized carbons (Fsp3) is 0.0909. The van der Waals surface area contributed by atoms with Gasteiger partial charge in [-0.25, -0.2) is 0 Å². The first-order chi connectivity index (χ1) is 33.7. The van der Waals surface area contributed by atoms with Crippen LogP contribution in [-0.4, -0.2) is 0 Å². The first kappa shape index (κ1) is 41.2. The van der Waals surface area contributed by atoms with Crippen LogP contribution in [0.2, 0.25) is 0 Å². The van der Waals surface area contributed by atoms with E-state index in [2.05, 4.69) is 265 Å². The second-order valence-electron chi connectivity index (χ2n) is 18.4. The van der Waals surface area contributed by atoms with Gasteiger partial charge in [0.1, 0.15) is 0 Å². The van der Waals surface area contributed by atoms with Crippen LogP contribution in [-0.2, 0) is 5.41 Å². The quantitative estimate of drug-likeness (QED) is 0.135. The van der Waals surface area contributed by atoms with E-state index in [9.17, 15) is 0 Å². The molecule has 0 atom stereocenters. The average Bonchev–Trinajstić information content (AvgIpc) is 3.68. The molecule has 2 aliphatic rings. The van der Waals surface area contributed by atoms with Crippen molar-refractivity contribution >= 4 is 34.1 Å². The monoisotopic (exact) mass is 872 g/mol. The Morgan fingerprint density at radius 2 is 0.603 bits per heavy atom. The van der Waals surface area contributed by atoms with E-state index in [1.807, 2.05) is 0 Å². The number of rotatable bonds is 10. The third kappa shape index (κ3) is 7.68. The van der Waals surface area contributed by atoms with Gasteiger partial charge in [-0.15, -0.1) is 0 Å². The topological polar surface area (TPSA) is 6.48 Å². The first-order valence-electron chi connectivity index (χ1n) is 24.2. The maximum atomic E-state index is 2.52. The molecule has 10 aromatic rings. The number of nitrogens with zero attached hydrogens (tertiary/aromatic N) is 2. The lowest BCUT2D eigenvalue weighted by atomic mass is 9.68. The summed E-state index contributed by atoms with van der Waals surface area (Å²) in [5, 5.41) is 0. The molecule has 2 nitrogen and oxygen atoms in total. The zero-order chi connectivity index (χ0) is 45.3. The Bertz CT molecular complexity index is 3260. The van der Waals surface area contributed by atoms with Gasteiger partial charge in [0.15, 0.2) is 0 Å². The SMILES string of the molecule is c1ccc(-c2ccc(N(c3ccc(-c4ccc(N(c5ccccc5)c5cc(-c6ccccc6)cc(-c6ccccc6)c5)cc4)cc3)c3ccc4c(c3)C3(CCCCC3)c3ccccc3-4)cc2)cc1. The summed E-state index contributed by atoms with van der Waals surface area (Å²) in [6, 6.07) is 93.5. The van der Waals surface area contributed by atoms with E-state index in [1.54, 1.807) is 0 Å². The number of fused-ring (bicyclic) bond motifs is 5. The van der Waals surface area contributed by atoms with Crippen LogP contribution in [0.3, 0.4) is 0 Å². The van der Waals surface area contributed by atoms with Gasteiger partial charge in [0.2, 0.25) is 0 Å². The predicted octanol–water partition coefficient (Wildman–Crippen LogP) is 18.5. The van der Waals surface area contributed by atoms with Gasteiger partial charge in [-0.1, -0.05) is 195 Å². The van der Waals surface area contributed by atoms with Crippen molar-refractivity contribution in [1.82, 2.24) is 0 Å². The molecule has 0 saturated heterocycles. The molecular formula is C66H52N2.